The Morgan fingerprint density at radius 2 is 1.90 bits per heavy atom. The second-order valence-electron chi connectivity index (χ2n) is 5.03. The van der Waals surface area contributed by atoms with Crippen LogP contribution in [0.15, 0.2) is 54.6 Å². The molecule has 1 N–H and O–H groups in total. The topological polar surface area (TPSA) is 47.6 Å². The number of carbonyl (C=O) groups excluding carboxylic acids is 1. The van der Waals surface area contributed by atoms with E-state index in [1.54, 1.807) is 0 Å². The molecule has 1 heterocycles. The minimum atomic E-state index is -0.410. The van der Waals surface area contributed by atoms with E-state index in [0.717, 1.165) is 23.3 Å². The van der Waals surface area contributed by atoms with Crippen molar-refractivity contribution in [3.63, 3.8) is 0 Å². The largest absolute Gasteiger partial charge is 0.491 e. The zero-order valence-corrected chi connectivity index (χ0v) is 11.6. The molecule has 21 heavy (non-hydrogen) atoms. The minimum absolute atomic E-state index is 0.0526. The quantitative estimate of drug-likeness (QED) is 0.942. The summed E-state index contributed by atoms with van der Waals surface area (Å²) >= 11 is 0. The van der Waals surface area contributed by atoms with E-state index >= 15 is 0 Å². The summed E-state index contributed by atoms with van der Waals surface area (Å²) in [6.07, 6.45) is 0.350. The minimum Gasteiger partial charge on any atom is -0.491 e. The van der Waals surface area contributed by atoms with Crippen molar-refractivity contribution in [1.29, 1.82) is 0 Å². The molecule has 0 spiro atoms. The molecule has 0 bridgehead atoms. The van der Waals surface area contributed by atoms with Gasteiger partial charge in [0.15, 0.2) is 0 Å². The van der Waals surface area contributed by atoms with Crippen molar-refractivity contribution in [1.82, 2.24) is 5.32 Å². The molecule has 1 amide bonds. The molecular weight excluding hydrogens is 266 g/mol. The number of para-hydroxylation sites is 1. The highest BCUT2D eigenvalue weighted by Gasteiger charge is 2.21. The van der Waals surface area contributed by atoms with E-state index in [0.29, 0.717) is 6.61 Å². The van der Waals surface area contributed by atoms with Crippen LogP contribution >= 0.6 is 0 Å². The number of amides is 1. The van der Waals surface area contributed by atoms with Gasteiger partial charge in [0.25, 0.3) is 0 Å². The summed E-state index contributed by atoms with van der Waals surface area (Å²) < 4.78 is 10.8. The van der Waals surface area contributed by atoms with Gasteiger partial charge in [-0.05, 0) is 23.6 Å². The van der Waals surface area contributed by atoms with Crippen LogP contribution in [0.2, 0.25) is 0 Å². The molecule has 0 radical (unpaired) electrons. The molecule has 0 aromatic heterocycles. The van der Waals surface area contributed by atoms with Crippen LogP contribution in [0.3, 0.4) is 0 Å². The van der Waals surface area contributed by atoms with Gasteiger partial charge in [-0.3, -0.25) is 0 Å². The van der Waals surface area contributed by atoms with Gasteiger partial charge in [0.1, 0.15) is 19.0 Å². The summed E-state index contributed by atoms with van der Waals surface area (Å²) in [4.78, 5) is 11.8. The number of hydrogen-bond acceptors (Lipinski definition) is 3. The highest BCUT2D eigenvalue weighted by molar-refractivity contribution is 5.67. The maximum absolute atomic E-state index is 11.8. The SMILES string of the molecule is O=C(NC1COc2ccccc2C1)OCc1ccccc1. The normalized spacial score (nSPS) is 16.5. The number of rotatable bonds is 3. The molecule has 4 heteroatoms. The van der Waals surface area contributed by atoms with Crippen molar-refractivity contribution in [3.8, 4) is 5.75 Å². The lowest BCUT2D eigenvalue weighted by Crippen LogP contribution is -2.42. The Morgan fingerprint density at radius 3 is 2.76 bits per heavy atom. The van der Waals surface area contributed by atoms with E-state index in [1.807, 2.05) is 54.6 Å². The Morgan fingerprint density at radius 1 is 1.14 bits per heavy atom. The highest BCUT2D eigenvalue weighted by atomic mass is 16.5. The molecule has 4 nitrogen and oxygen atoms in total. The molecule has 0 fully saturated rings. The lowest BCUT2D eigenvalue weighted by atomic mass is 10.0. The van der Waals surface area contributed by atoms with E-state index in [9.17, 15) is 4.79 Å². The van der Waals surface area contributed by atoms with Crippen molar-refractivity contribution in [3.05, 3.63) is 65.7 Å². The van der Waals surface area contributed by atoms with Crippen LogP contribution in [-0.4, -0.2) is 18.7 Å². The number of nitrogens with one attached hydrogen (secondary N) is 1. The number of fused-ring (bicyclic) bond motifs is 1. The van der Waals surface area contributed by atoms with Crippen molar-refractivity contribution >= 4 is 6.09 Å². The fourth-order valence-electron chi connectivity index (χ4n) is 2.35. The highest BCUT2D eigenvalue weighted by Crippen LogP contribution is 2.23. The Kier molecular flexibility index (Phi) is 4.05. The molecule has 108 valence electrons. The first-order chi connectivity index (χ1) is 10.3. The molecule has 3 rings (SSSR count). The lowest BCUT2D eigenvalue weighted by Gasteiger charge is -2.25. The van der Waals surface area contributed by atoms with Crippen LogP contribution in [0, 0.1) is 0 Å². The van der Waals surface area contributed by atoms with E-state index < -0.39 is 6.09 Å². The number of alkyl carbamates (subject to hydrolysis) is 1. The number of hydrogen-bond donors (Lipinski definition) is 1. The molecule has 1 aliphatic rings. The average molecular weight is 283 g/mol. The maximum Gasteiger partial charge on any atom is 0.407 e. The van der Waals surface area contributed by atoms with E-state index in [-0.39, 0.29) is 12.6 Å². The summed E-state index contributed by atoms with van der Waals surface area (Å²) in [6, 6.07) is 17.4. The van der Waals surface area contributed by atoms with Crippen LogP contribution < -0.4 is 10.1 Å². The van der Waals surface area contributed by atoms with Crippen molar-refractivity contribution in [2.24, 2.45) is 0 Å². The predicted molar refractivity (Wildman–Crippen MR) is 79.2 cm³/mol. The maximum atomic E-state index is 11.8. The molecule has 1 unspecified atom stereocenters. The van der Waals surface area contributed by atoms with Crippen molar-refractivity contribution < 1.29 is 14.3 Å². The fourth-order valence-corrected chi connectivity index (χ4v) is 2.35. The van der Waals surface area contributed by atoms with Crippen molar-refractivity contribution in [2.45, 2.75) is 19.1 Å². The van der Waals surface area contributed by atoms with Gasteiger partial charge in [-0.2, -0.15) is 0 Å². The number of ether oxygens (including phenoxy) is 2. The van der Waals surface area contributed by atoms with E-state index in [1.165, 1.54) is 0 Å². The first kappa shape index (κ1) is 13.5. The molecule has 0 aliphatic carbocycles. The van der Waals surface area contributed by atoms with Gasteiger partial charge >= 0.3 is 6.09 Å². The summed E-state index contributed by atoms with van der Waals surface area (Å²) in [5.41, 5.74) is 2.08. The fraction of sp³-hybridized carbons (Fsp3) is 0.235. The van der Waals surface area contributed by atoms with Gasteiger partial charge < -0.3 is 14.8 Å². The van der Waals surface area contributed by atoms with Crippen LogP contribution in [0.5, 0.6) is 5.75 Å². The molecule has 2 aromatic carbocycles. The molecule has 0 saturated carbocycles. The van der Waals surface area contributed by atoms with Gasteiger partial charge in [-0.1, -0.05) is 48.5 Å². The third kappa shape index (κ3) is 3.54. The molecule has 1 aliphatic heterocycles. The Bertz CT molecular complexity index is 612. The predicted octanol–water partition coefficient (Wildman–Crippen LogP) is 2.92. The summed E-state index contributed by atoms with van der Waals surface area (Å²) in [5, 5.41) is 2.84. The second-order valence-corrected chi connectivity index (χ2v) is 5.03. The van der Waals surface area contributed by atoms with Gasteiger partial charge in [0.05, 0.1) is 6.04 Å². The van der Waals surface area contributed by atoms with Crippen LogP contribution in [-0.2, 0) is 17.8 Å². The van der Waals surface area contributed by atoms with Gasteiger partial charge in [0.2, 0.25) is 0 Å². The van der Waals surface area contributed by atoms with Crippen molar-refractivity contribution in [2.75, 3.05) is 6.61 Å². The zero-order valence-electron chi connectivity index (χ0n) is 11.6. The molecule has 1 atom stereocenters. The average Bonchev–Trinajstić information content (AvgIpc) is 2.54. The third-order valence-corrected chi connectivity index (χ3v) is 3.41. The molecule has 2 aromatic rings. The first-order valence-corrected chi connectivity index (χ1v) is 6.99. The Labute approximate surface area is 123 Å². The van der Waals surface area contributed by atoms with Crippen LogP contribution in [0.4, 0.5) is 4.79 Å². The third-order valence-electron chi connectivity index (χ3n) is 3.41. The van der Waals surface area contributed by atoms with Gasteiger partial charge in [0, 0.05) is 0 Å². The van der Waals surface area contributed by atoms with Gasteiger partial charge in [-0.25, -0.2) is 4.79 Å². The first-order valence-electron chi connectivity index (χ1n) is 6.99. The monoisotopic (exact) mass is 283 g/mol. The van der Waals surface area contributed by atoms with E-state index in [2.05, 4.69) is 5.32 Å². The summed E-state index contributed by atoms with van der Waals surface area (Å²) in [5.74, 6) is 0.896. The zero-order chi connectivity index (χ0) is 14.5. The number of benzene rings is 2. The summed E-state index contributed by atoms with van der Waals surface area (Å²) in [7, 11) is 0. The van der Waals surface area contributed by atoms with Crippen LogP contribution in [0.1, 0.15) is 11.1 Å². The summed E-state index contributed by atoms with van der Waals surface area (Å²) in [6.45, 7) is 0.744. The van der Waals surface area contributed by atoms with Crippen LogP contribution in [0.25, 0.3) is 0 Å². The Balaban J connectivity index is 1.50. The van der Waals surface area contributed by atoms with Gasteiger partial charge in [-0.15, -0.1) is 0 Å². The standard InChI is InChI=1S/C17H17NO3/c19-17(21-11-13-6-2-1-3-7-13)18-15-10-14-8-4-5-9-16(14)20-12-15/h1-9,15H,10-12H2,(H,18,19). The Hall–Kier alpha value is -2.49. The molecule has 0 saturated heterocycles. The smallest absolute Gasteiger partial charge is 0.407 e. The lowest BCUT2D eigenvalue weighted by molar-refractivity contribution is 0.128. The molecular formula is C17H17NO3. The second kappa shape index (κ2) is 6.31. The number of carbonyl (C=O) groups is 1. The van der Waals surface area contributed by atoms with E-state index in [4.69, 9.17) is 9.47 Å².